The second-order valence-corrected chi connectivity index (χ2v) is 1.81. The highest BCUT2D eigenvalue weighted by molar-refractivity contribution is 6.67. The summed E-state index contributed by atoms with van der Waals surface area (Å²) in [5.41, 5.74) is -0.592. The number of halogens is 1. The van der Waals surface area contributed by atoms with E-state index in [2.05, 4.69) is 0 Å². The Kier molecular flexibility index (Phi) is 3.35. The first-order valence-electron chi connectivity index (χ1n) is 2.28. The summed E-state index contributed by atoms with van der Waals surface area (Å²) in [7, 11) is 0. The van der Waals surface area contributed by atoms with Crippen molar-refractivity contribution in [3.05, 3.63) is 12.2 Å². The maximum atomic E-state index is 9.92. The quantitative estimate of drug-likeness (QED) is 0.535. The van der Waals surface area contributed by atoms with Crippen LogP contribution in [0.15, 0.2) is 12.2 Å². The van der Waals surface area contributed by atoms with E-state index in [1.807, 2.05) is 0 Å². The lowest BCUT2D eigenvalue weighted by molar-refractivity contribution is -0.129. The van der Waals surface area contributed by atoms with E-state index in [-0.39, 0.29) is 5.17 Å². The van der Waals surface area contributed by atoms with Gasteiger partial charge < -0.3 is 5.11 Å². The molecule has 0 heterocycles. The molecule has 0 aliphatic carbocycles. The van der Waals surface area contributed by atoms with Crippen molar-refractivity contribution in [2.45, 2.75) is 0 Å². The van der Waals surface area contributed by atoms with Gasteiger partial charge in [0.05, 0.1) is 0 Å². The largest absolute Gasteiger partial charge is 0.477 e. The third kappa shape index (κ3) is 3.80. The molecule has 0 rings (SSSR count). The van der Waals surface area contributed by atoms with Crippen LogP contribution >= 0.6 is 11.6 Å². The fourth-order valence-corrected chi connectivity index (χ4v) is 0.291. The lowest BCUT2D eigenvalue weighted by atomic mass is 10.3. The molecule has 0 saturated carbocycles. The van der Waals surface area contributed by atoms with E-state index in [1.165, 1.54) is 0 Å². The zero-order valence-electron chi connectivity index (χ0n) is 4.89. The highest BCUT2D eigenvalue weighted by atomic mass is 35.5. The van der Waals surface area contributed by atoms with Crippen LogP contribution in [0.4, 0.5) is 0 Å². The highest BCUT2D eigenvalue weighted by Crippen LogP contribution is 1.84. The number of carboxylic acids is 1. The fourth-order valence-electron chi connectivity index (χ4n) is 0.228. The molecule has 0 aromatic heterocycles. The number of hydrogen-bond acceptors (Lipinski definition) is 3. The van der Waals surface area contributed by atoms with E-state index >= 15 is 0 Å². The Morgan fingerprint density at radius 3 is 2.20 bits per heavy atom. The van der Waals surface area contributed by atoms with Gasteiger partial charge in [0.1, 0.15) is 10.9 Å². The zero-order chi connectivity index (χ0) is 8.15. The number of hydrogen-bond donors (Lipinski definition) is 3. The summed E-state index contributed by atoms with van der Waals surface area (Å²) in [4.78, 5) is 9.92. The Morgan fingerprint density at radius 1 is 1.40 bits per heavy atom. The minimum absolute atomic E-state index is 0.300. The van der Waals surface area contributed by atoms with Crippen molar-refractivity contribution >= 4 is 28.5 Å². The van der Waals surface area contributed by atoms with Crippen LogP contribution in [0.1, 0.15) is 0 Å². The summed E-state index contributed by atoms with van der Waals surface area (Å²) in [5, 5.41) is 21.1. The highest BCUT2D eigenvalue weighted by Gasteiger charge is 1.99. The van der Waals surface area contributed by atoms with Gasteiger partial charge >= 0.3 is 5.97 Å². The van der Waals surface area contributed by atoms with Gasteiger partial charge in [0, 0.05) is 0 Å². The lowest BCUT2D eigenvalue weighted by Gasteiger charge is -1.84. The summed E-state index contributed by atoms with van der Waals surface area (Å²) >= 11 is 5.03. The molecular formula is C5H5ClN2O2. The molecule has 10 heavy (non-hydrogen) atoms. The number of allylic oxidation sites excluding steroid dienone is 1. The van der Waals surface area contributed by atoms with E-state index in [9.17, 15) is 4.79 Å². The fraction of sp³-hybridized carbons (Fsp3) is 0. The van der Waals surface area contributed by atoms with Gasteiger partial charge in [-0.25, -0.2) is 4.79 Å². The first kappa shape index (κ1) is 8.84. The standard InChI is InChI=1S/C5H5ClN2O2/c6-4(8)2-1-3(7)5(9)10/h1-2,7-8H,(H,9,10)/b2-1-,7-3?,8-4?. The summed E-state index contributed by atoms with van der Waals surface area (Å²) in [5.74, 6) is -1.34. The van der Waals surface area contributed by atoms with Crippen molar-refractivity contribution < 1.29 is 9.90 Å². The Hall–Kier alpha value is -1.16. The zero-order valence-corrected chi connectivity index (χ0v) is 5.64. The molecule has 4 nitrogen and oxygen atoms in total. The van der Waals surface area contributed by atoms with Gasteiger partial charge in [0.15, 0.2) is 0 Å². The molecule has 3 N–H and O–H groups in total. The third-order valence-corrected chi connectivity index (χ3v) is 0.753. The number of nitrogens with one attached hydrogen (secondary N) is 2. The predicted octanol–water partition coefficient (Wildman–Crippen LogP) is 0.863. The molecular weight excluding hydrogens is 156 g/mol. The monoisotopic (exact) mass is 160 g/mol. The molecule has 0 atom stereocenters. The molecule has 0 fully saturated rings. The van der Waals surface area contributed by atoms with E-state index in [0.29, 0.717) is 0 Å². The molecule has 0 bridgehead atoms. The summed E-state index contributed by atoms with van der Waals surface area (Å²) in [6.07, 6.45) is 1.97. The van der Waals surface area contributed by atoms with E-state index in [1.54, 1.807) is 0 Å². The molecule has 0 aromatic carbocycles. The van der Waals surface area contributed by atoms with Crippen LogP contribution in [0.25, 0.3) is 0 Å². The first-order valence-corrected chi connectivity index (χ1v) is 2.66. The molecule has 0 saturated heterocycles. The van der Waals surface area contributed by atoms with Crippen LogP contribution in [0, 0.1) is 10.8 Å². The van der Waals surface area contributed by atoms with Gasteiger partial charge in [-0.15, -0.1) is 0 Å². The van der Waals surface area contributed by atoms with Crippen LogP contribution in [0.2, 0.25) is 0 Å². The Bertz CT molecular complexity index is 210. The average molecular weight is 161 g/mol. The lowest BCUT2D eigenvalue weighted by Crippen LogP contribution is -2.07. The minimum atomic E-state index is -1.34. The van der Waals surface area contributed by atoms with Gasteiger partial charge in [-0.05, 0) is 12.2 Å². The Balaban J connectivity index is 4.03. The van der Waals surface area contributed by atoms with Gasteiger partial charge in [-0.1, -0.05) is 11.6 Å². The molecule has 0 unspecified atom stereocenters. The van der Waals surface area contributed by atoms with Crippen LogP contribution in [-0.4, -0.2) is 22.0 Å². The third-order valence-electron chi connectivity index (χ3n) is 0.627. The minimum Gasteiger partial charge on any atom is -0.477 e. The van der Waals surface area contributed by atoms with Crippen molar-refractivity contribution in [2.75, 3.05) is 0 Å². The van der Waals surface area contributed by atoms with Crippen molar-refractivity contribution in [1.29, 1.82) is 10.8 Å². The summed E-state index contributed by atoms with van der Waals surface area (Å²) < 4.78 is 0. The van der Waals surface area contributed by atoms with Crippen LogP contribution in [-0.2, 0) is 4.79 Å². The smallest absolute Gasteiger partial charge is 0.353 e. The van der Waals surface area contributed by atoms with Crippen LogP contribution < -0.4 is 0 Å². The molecule has 0 radical (unpaired) electrons. The molecule has 0 aromatic rings. The topological polar surface area (TPSA) is 85.0 Å². The number of rotatable bonds is 3. The second kappa shape index (κ2) is 3.79. The maximum Gasteiger partial charge on any atom is 0.353 e. The Labute approximate surface area is 62.1 Å². The number of carboxylic acid groups (broad SMARTS) is 1. The first-order chi connectivity index (χ1) is 4.54. The number of carbonyl (C=O) groups is 1. The van der Waals surface area contributed by atoms with E-state index in [0.717, 1.165) is 12.2 Å². The van der Waals surface area contributed by atoms with E-state index in [4.69, 9.17) is 27.5 Å². The van der Waals surface area contributed by atoms with Crippen molar-refractivity contribution in [3.63, 3.8) is 0 Å². The molecule has 0 aliphatic heterocycles. The molecule has 54 valence electrons. The molecule has 0 spiro atoms. The predicted molar refractivity (Wildman–Crippen MR) is 38.1 cm³/mol. The van der Waals surface area contributed by atoms with E-state index < -0.39 is 11.7 Å². The second-order valence-electron chi connectivity index (χ2n) is 1.40. The van der Waals surface area contributed by atoms with Crippen LogP contribution in [0.3, 0.4) is 0 Å². The normalized spacial score (nSPS) is 9.70. The van der Waals surface area contributed by atoms with Gasteiger partial charge in [-0.3, -0.25) is 10.8 Å². The molecule has 5 heteroatoms. The summed E-state index contributed by atoms with van der Waals surface area (Å²) in [6.45, 7) is 0. The maximum absolute atomic E-state index is 9.92. The van der Waals surface area contributed by atoms with Gasteiger partial charge in [0.2, 0.25) is 0 Å². The van der Waals surface area contributed by atoms with Crippen molar-refractivity contribution in [3.8, 4) is 0 Å². The average Bonchev–Trinajstić information content (AvgIpc) is 1.82. The number of aliphatic carboxylic acids is 1. The molecule has 0 amide bonds. The SMILES string of the molecule is N=C(Cl)/C=C\C(=N)C(=O)O. The van der Waals surface area contributed by atoms with Crippen molar-refractivity contribution in [1.82, 2.24) is 0 Å². The molecule has 0 aliphatic rings. The van der Waals surface area contributed by atoms with Gasteiger partial charge in [-0.2, -0.15) is 0 Å². The Morgan fingerprint density at radius 2 is 1.90 bits per heavy atom. The summed E-state index contributed by atoms with van der Waals surface area (Å²) in [6, 6.07) is 0. The van der Waals surface area contributed by atoms with Crippen LogP contribution in [0.5, 0.6) is 0 Å². The van der Waals surface area contributed by atoms with Crippen molar-refractivity contribution in [2.24, 2.45) is 0 Å². The van der Waals surface area contributed by atoms with Gasteiger partial charge in [0.25, 0.3) is 0 Å².